The van der Waals surface area contributed by atoms with Crippen molar-refractivity contribution in [3.8, 4) is 0 Å². The zero-order valence-corrected chi connectivity index (χ0v) is 7.25. The SMILES string of the molecule is CCCCCC1CCOC1O. The Morgan fingerprint density at radius 1 is 1.45 bits per heavy atom. The number of aliphatic hydroxyl groups is 1. The lowest BCUT2D eigenvalue weighted by molar-refractivity contribution is -0.0836. The predicted octanol–water partition coefficient (Wildman–Crippen LogP) is 1.92. The summed E-state index contributed by atoms with van der Waals surface area (Å²) in [6, 6.07) is 0. The Bertz CT molecular complexity index is 104. The van der Waals surface area contributed by atoms with E-state index in [1.165, 1.54) is 19.3 Å². The van der Waals surface area contributed by atoms with Crippen molar-refractivity contribution in [1.29, 1.82) is 0 Å². The summed E-state index contributed by atoms with van der Waals surface area (Å²) >= 11 is 0. The topological polar surface area (TPSA) is 29.5 Å². The van der Waals surface area contributed by atoms with Gasteiger partial charge in [-0.1, -0.05) is 26.2 Å². The summed E-state index contributed by atoms with van der Waals surface area (Å²) in [4.78, 5) is 0. The molecular formula is C9H18O2. The van der Waals surface area contributed by atoms with Gasteiger partial charge in [-0.2, -0.15) is 0 Å². The molecule has 1 aliphatic heterocycles. The molecule has 1 rings (SSSR count). The van der Waals surface area contributed by atoms with Gasteiger partial charge in [0.25, 0.3) is 0 Å². The summed E-state index contributed by atoms with van der Waals surface area (Å²) in [5.74, 6) is 0.418. The molecule has 0 aromatic heterocycles. The van der Waals surface area contributed by atoms with Crippen LogP contribution in [0.2, 0.25) is 0 Å². The number of hydrogen-bond donors (Lipinski definition) is 1. The second-order valence-electron chi connectivity index (χ2n) is 3.31. The van der Waals surface area contributed by atoms with Gasteiger partial charge in [0.1, 0.15) is 0 Å². The van der Waals surface area contributed by atoms with Gasteiger partial charge in [0, 0.05) is 5.92 Å². The zero-order chi connectivity index (χ0) is 8.10. The summed E-state index contributed by atoms with van der Waals surface area (Å²) < 4.78 is 5.05. The van der Waals surface area contributed by atoms with Crippen molar-refractivity contribution >= 4 is 0 Å². The lowest BCUT2D eigenvalue weighted by atomic mass is 10.00. The van der Waals surface area contributed by atoms with E-state index < -0.39 is 6.29 Å². The minimum absolute atomic E-state index is 0.418. The highest BCUT2D eigenvalue weighted by molar-refractivity contribution is 4.67. The number of rotatable bonds is 4. The van der Waals surface area contributed by atoms with Gasteiger partial charge in [0.05, 0.1) is 6.61 Å². The highest BCUT2D eigenvalue weighted by Gasteiger charge is 2.24. The summed E-state index contributed by atoms with van der Waals surface area (Å²) in [5, 5.41) is 9.27. The lowest BCUT2D eigenvalue weighted by Gasteiger charge is -2.11. The molecule has 2 heteroatoms. The van der Waals surface area contributed by atoms with Gasteiger partial charge in [0.2, 0.25) is 0 Å². The third-order valence-corrected chi connectivity index (χ3v) is 2.36. The van der Waals surface area contributed by atoms with Crippen LogP contribution in [0.3, 0.4) is 0 Å². The van der Waals surface area contributed by atoms with Crippen LogP contribution in [0, 0.1) is 5.92 Å². The van der Waals surface area contributed by atoms with E-state index in [1.807, 2.05) is 0 Å². The Labute approximate surface area is 68.6 Å². The van der Waals surface area contributed by atoms with Crippen molar-refractivity contribution in [2.24, 2.45) is 5.92 Å². The van der Waals surface area contributed by atoms with Crippen molar-refractivity contribution in [1.82, 2.24) is 0 Å². The summed E-state index contributed by atoms with van der Waals surface area (Å²) in [7, 11) is 0. The van der Waals surface area contributed by atoms with Crippen LogP contribution in [0.1, 0.15) is 39.0 Å². The molecule has 0 radical (unpaired) electrons. The van der Waals surface area contributed by atoms with Crippen molar-refractivity contribution in [2.45, 2.75) is 45.3 Å². The van der Waals surface area contributed by atoms with E-state index in [0.717, 1.165) is 19.4 Å². The first kappa shape index (κ1) is 9.01. The first-order chi connectivity index (χ1) is 5.34. The van der Waals surface area contributed by atoms with E-state index >= 15 is 0 Å². The predicted molar refractivity (Wildman–Crippen MR) is 44.2 cm³/mol. The fourth-order valence-corrected chi connectivity index (χ4v) is 1.56. The highest BCUT2D eigenvalue weighted by atomic mass is 16.6. The van der Waals surface area contributed by atoms with Crippen LogP contribution in [0.15, 0.2) is 0 Å². The van der Waals surface area contributed by atoms with Crippen molar-refractivity contribution in [3.63, 3.8) is 0 Å². The minimum atomic E-state index is -0.466. The largest absolute Gasteiger partial charge is 0.368 e. The first-order valence-corrected chi connectivity index (χ1v) is 4.64. The van der Waals surface area contributed by atoms with E-state index in [2.05, 4.69) is 6.92 Å². The fourth-order valence-electron chi connectivity index (χ4n) is 1.56. The number of unbranched alkanes of at least 4 members (excludes halogenated alkanes) is 2. The van der Waals surface area contributed by atoms with E-state index in [9.17, 15) is 5.11 Å². The van der Waals surface area contributed by atoms with Gasteiger partial charge in [-0.05, 0) is 12.8 Å². The molecule has 66 valence electrons. The van der Waals surface area contributed by atoms with Gasteiger partial charge in [-0.3, -0.25) is 0 Å². The van der Waals surface area contributed by atoms with Gasteiger partial charge >= 0.3 is 0 Å². The summed E-state index contributed by atoms with van der Waals surface area (Å²) in [6.45, 7) is 2.94. The molecule has 0 amide bonds. The molecule has 0 bridgehead atoms. The maximum absolute atomic E-state index is 9.27. The Kier molecular flexibility index (Phi) is 3.87. The molecular weight excluding hydrogens is 140 g/mol. The molecule has 1 aliphatic rings. The Morgan fingerprint density at radius 2 is 2.27 bits per heavy atom. The van der Waals surface area contributed by atoms with Crippen LogP contribution in [0.5, 0.6) is 0 Å². The van der Waals surface area contributed by atoms with Gasteiger partial charge < -0.3 is 9.84 Å². The zero-order valence-electron chi connectivity index (χ0n) is 7.25. The maximum Gasteiger partial charge on any atom is 0.157 e. The quantitative estimate of drug-likeness (QED) is 0.633. The third-order valence-electron chi connectivity index (χ3n) is 2.36. The maximum atomic E-state index is 9.27. The molecule has 1 saturated heterocycles. The van der Waals surface area contributed by atoms with E-state index in [4.69, 9.17) is 4.74 Å². The van der Waals surface area contributed by atoms with Crippen molar-refractivity contribution in [2.75, 3.05) is 6.61 Å². The fraction of sp³-hybridized carbons (Fsp3) is 1.00. The molecule has 2 atom stereocenters. The number of hydrogen-bond acceptors (Lipinski definition) is 2. The minimum Gasteiger partial charge on any atom is -0.368 e. The molecule has 11 heavy (non-hydrogen) atoms. The Hall–Kier alpha value is -0.0800. The molecule has 0 aromatic carbocycles. The van der Waals surface area contributed by atoms with Crippen LogP contribution in [-0.2, 0) is 4.74 Å². The molecule has 1 heterocycles. The molecule has 1 N–H and O–H groups in total. The molecule has 0 saturated carbocycles. The van der Waals surface area contributed by atoms with E-state index in [1.54, 1.807) is 0 Å². The molecule has 2 nitrogen and oxygen atoms in total. The van der Waals surface area contributed by atoms with Crippen LogP contribution in [0.4, 0.5) is 0 Å². The second-order valence-corrected chi connectivity index (χ2v) is 3.31. The molecule has 0 aliphatic carbocycles. The van der Waals surface area contributed by atoms with E-state index in [-0.39, 0.29) is 0 Å². The molecule has 1 fully saturated rings. The molecule has 2 unspecified atom stereocenters. The third kappa shape index (κ3) is 2.80. The normalized spacial score (nSPS) is 31.1. The van der Waals surface area contributed by atoms with E-state index in [0.29, 0.717) is 5.92 Å². The summed E-state index contributed by atoms with van der Waals surface area (Å²) in [5.41, 5.74) is 0. The van der Waals surface area contributed by atoms with Gasteiger partial charge in [0.15, 0.2) is 6.29 Å². The van der Waals surface area contributed by atoms with Crippen LogP contribution < -0.4 is 0 Å². The summed E-state index contributed by atoms with van der Waals surface area (Å²) in [6.07, 6.45) is 5.49. The number of aliphatic hydroxyl groups excluding tert-OH is 1. The van der Waals surface area contributed by atoms with Crippen molar-refractivity contribution < 1.29 is 9.84 Å². The highest BCUT2D eigenvalue weighted by Crippen LogP contribution is 2.24. The average molecular weight is 158 g/mol. The smallest absolute Gasteiger partial charge is 0.157 e. The van der Waals surface area contributed by atoms with Crippen LogP contribution in [-0.4, -0.2) is 18.0 Å². The van der Waals surface area contributed by atoms with Crippen LogP contribution in [0.25, 0.3) is 0 Å². The Morgan fingerprint density at radius 3 is 2.82 bits per heavy atom. The monoisotopic (exact) mass is 158 g/mol. The van der Waals surface area contributed by atoms with Crippen molar-refractivity contribution in [3.05, 3.63) is 0 Å². The molecule has 0 spiro atoms. The van der Waals surface area contributed by atoms with Gasteiger partial charge in [-0.15, -0.1) is 0 Å². The Balaban J connectivity index is 2.05. The molecule has 0 aromatic rings. The van der Waals surface area contributed by atoms with Gasteiger partial charge in [-0.25, -0.2) is 0 Å². The first-order valence-electron chi connectivity index (χ1n) is 4.64. The average Bonchev–Trinajstić information content (AvgIpc) is 2.37. The lowest BCUT2D eigenvalue weighted by Crippen LogP contribution is -2.14. The second kappa shape index (κ2) is 4.73. The standard InChI is InChI=1S/C9H18O2/c1-2-3-4-5-8-6-7-11-9(8)10/h8-10H,2-7H2,1H3. The number of ether oxygens (including phenoxy) is 1. The van der Waals surface area contributed by atoms with Crippen LogP contribution >= 0.6 is 0 Å².